The molecule has 0 aromatic carbocycles. The molecular weight excluding hydrogens is 366 g/mol. The van der Waals surface area contributed by atoms with E-state index in [0.29, 0.717) is 38.5 Å². The molecule has 3 heterocycles. The van der Waals surface area contributed by atoms with Gasteiger partial charge < -0.3 is 4.74 Å². The second-order valence-electron chi connectivity index (χ2n) is 6.62. The van der Waals surface area contributed by atoms with Crippen molar-refractivity contribution in [3.8, 4) is 17.1 Å². The molecular formula is C18H27N5O3S. The van der Waals surface area contributed by atoms with E-state index in [-0.39, 0.29) is 5.92 Å². The van der Waals surface area contributed by atoms with Crippen molar-refractivity contribution in [1.82, 2.24) is 23.8 Å². The molecule has 0 unspecified atom stereocenters. The zero-order valence-corrected chi connectivity index (χ0v) is 16.7. The Morgan fingerprint density at radius 2 is 2.11 bits per heavy atom. The van der Waals surface area contributed by atoms with E-state index in [9.17, 15) is 8.42 Å². The topological polar surface area (TPSA) is 91.4 Å². The van der Waals surface area contributed by atoms with Crippen LogP contribution in [-0.2, 0) is 10.2 Å². The van der Waals surface area contributed by atoms with Gasteiger partial charge in [-0.15, -0.1) is 0 Å². The van der Waals surface area contributed by atoms with Gasteiger partial charge in [0.2, 0.25) is 0 Å². The molecule has 27 heavy (non-hydrogen) atoms. The monoisotopic (exact) mass is 393 g/mol. The summed E-state index contributed by atoms with van der Waals surface area (Å²) in [5.41, 5.74) is 1.65. The van der Waals surface area contributed by atoms with Crippen molar-refractivity contribution in [2.45, 2.75) is 26.7 Å². The van der Waals surface area contributed by atoms with Gasteiger partial charge >= 0.3 is 0 Å². The Morgan fingerprint density at radius 3 is 2.74 bits per heavy atom. The summed E-state index contributed by atoms with van der Waals surface area (Å²) in [6.45, 7) is 6.27. The minimum Gasteiger partial charge on any atom is -0.492 e. The number of nitrogens with zero attached hydrogens (tertiary/aromatic N) is 4. The summed E-state index contributed by atoms with van der Waals surface area (Å²) in [5, 5.41) is 6.79. The Hall–Kier alpha value is -1.97. The first-order valence-electron chi connectivity index (χ1n) is 9.38. The molecule has 3 rings (SSSR count). The number of ether oxygens (including phenoxy) is 1. The third kappa shape index (κ3) is 4.66. The van der Waals surface area contributed by atoms with Gasteiger partial charge in [-0.25, -0.2) is 0 Å². The van der Waals surface area contributed by atoms with Gasteiger partial charge in [0.25, 0.3) is 10.2 Å². The number of H-pyrrole nitrogens is 1. The molecule has 1 aliphatic heterocycles. The molecule has 0 amide bonds. The number of aromatic amines is 1. The average molecular weight is 394 g/mol. The van der Waals surface area contributed by atoms with Crippen LogP contribution in [0.4, 0.5) is 0 Å². The molecule has 8 nitrogen and oxygen atoms in total. The van der Waals surface area contributed by atoms with E-state index >= 15 is 0 Å². The van der Waals surface area contributed by atoms with E-state index in [2.05, 4.69) is 15.2 Å². The van der Waals surface area contributed by atoms with Gasteiger partial charge in [0, 0.05) is 38.3 Å². The molecule has 0 spiro atoms. The maximum atomic E-state index is 12.7. The lowest BCUT2D eigenvalue weighted by Crippen LogP contribution is -2.48. The summed E-state index contributed by atoms with van der Waals surface area (Å²) >= 11 is 0. The van der Waals surface area contributed by atoms with E-state index in [1.54, 1.807) is 16.7 Å². The van der Waals surface area contributed by atoms with Crippen LogP contribution in [0, 0.1) is 5.92 Å². The maximum Gasteiger partial charge on any atom is 0.281 e. The van der Waals surface area contributed by atoms with Crippen LogP contribution in [0.5, 0.6) is 5.75 Å². The van der Waals surface area contributed by atoms with Crippen LogP contribution in [0.1, 0.15) is 26.7 Å². The number of nitrogens with one attached hydrogen (secondary N) is 1. The van der Waals surface area contributed by atoms with Crippen molar-refractivity contribution in [2.24, 2.45) is 5.92 Å². The summed E-state index contributed by atoms with van der Waals surface area (Å²) in [4.78, 5) is 4.38. The Balaban J connectivity index is 1.56. The van der Waals surface area contributed by atoms with E-state index in [1.807, 2.05) is 32.0 Å². The van der Waals surface area contributed by atoms with Crippen molar-refractivity contribution in [2.75, 3.05) is 32.8 Å². The third-order valence-electron chi connectivity index (χ3n) is 4.84. The molecule has 0 saturated carbocycles. The fourth-order valence-electron chi connectivity index (χ4n) is 3.32. The first-order chi connectivity index (χ1) is 13.0. The first kappa shape index (κ1) is 19.8. The van der Waals surface area contributed by atoms with Gasteiger partial charge in [-0.3, -0.25) is 10.1 Å². The maximum absolute atomic E-state index is 12.7. The molecule has 0 radical (unpaired) electrons. The highest BCUT2D eigenvalue weighted by Gasteiger charge is 2.32. The third-order valence-corrected chi connectivity index (χ3v) is 6.99. The minimum absolute atomic E-state index is 0.177. The number of aromatic nitrogens is 3. The molecule has 148 valence electrons. The number of rotatable bonds is 8. The molecule has 9 heteroatoms. The van der Waals surface area contributed by atoms with Crippen LogP contribution < -0.4 is 4.74 Å². The lowest BCUT2D eigenvalue weighted by atomic mass is 10.0. The zero-order valence-electron chi connectivity index (χ0n) is 15.8. The minimum atomic E-state index is -3.38. The highest BCUT2D eigenvalue weighted by molar-refractivity contribution is 7.86. The van der Waals surface area contributed by atoms with Crippen molar-refractivity contribution in [3.63, 3.8) is 0 Å². The van der Waals surface area contributed by atoms with Crippen LogP contribution in [0.2, 0.25) is 0 Å². The van der Waals surface area contributed by atoms with Gasteiger partial charge in [-0.05, 0) is 31.0 Å². The van der Waals surface area contributed by atoms with Gasteiger partial charge in [0.05, 0.1) is 24.2 Å². The van der Waals surface area contributed by atoms with Gasteiger partial charge in [0.1, 0.15) is 5.75 Å². The van der Waals surface area contributed by atoms with Gasteiger partial charge in [-0.2, -0.15) is 22.1 Å². The summed E-state index contributed by atoms with van der Waals surface area (Å²) in [5.74, 6) is 0.860. The second kappa shape index (κ2) is 8.81. The molecule has 1 atom stereocenters. The van der Waals surface area contributed by atoms with Gasteiger partial charge in [-0.1, -0.05) is 13.8 Å². The molecule has 1 aliphatic rings. The number of pyridine rings is 1. The predicted molar refractivity (Wildman–Crippen MR) is 103 cm³/mol. The number of hydrogen-bond donors (Lipinski definition) is 1. The fraction of sp³-hybridized carbons (Fsp3) is 0.556. The van der Waals surface area contributed by atoms with Crippen molar-refractivity contribution in [1.29, 1.82) is 0 Å². The molecule has 2 aromatic heterocycles. The second-order valence-corrected chi connectivity index (χ2v) is 8.55. The van der Waals surface area contributed by atoms with E-state index in [4.69, 9.17) is 4.74 Å². The Morgan fingerprint density at radius 1 is 1.30 bits per heavy atom. The van der Waals surface area contributed by atoms with E-state index in [0.717, 1.165) is 24.2 Å². The van der Waals surface area contributed by atoms with Crippen molar-refractivity contribution < 1.29 is 13.2 Å². The average Bonchev–Trinajstić information content (AvgIpc) is 3.22. The quantitative estimate of drug-likeness (QED) is 0.742. The smallest absolute Gasteiger partial charge is 0.281 e. The Bertz CT molecular complexity index is 804. The summed E-state index contributed by atoms with van der Waals surface area (Å²) in [6.07, 6.45) is 5.18. The van der Waals surface area contributed by atoms with Crippen LogP contribution in [0.15, 0.2) is 30.6 Å². The number of hydrogen-bond acceptors (Lipinski definition) is 5. The first-order valence-corrected chi connectivity index (χ1v) is 10.8. The Labute approximate surface area is 160 Å². The van der Waals surface area contributed by atoms with Crippen LogP contribution >= 0.6 is 0 Å². The van der Waals surface area contributed by atoms with E-state index < -0.39 is 10.2 Å². The molecule has 0 bridgehead atoms. The standard InChI is InChI=1S/C18H27N5O3S/c1-3-22(4-2)27(24,25)23-11-5-6-15(13-23)14-26-16-7-8-17(19-12-16)18-9-10-20-21-18/h7-10,12,15H,3-6,11,13-14H2,1-2H3,(H,20,21)/t15-/m1/s1. The SMILES string of the molecule is CCN(CC)S(=O)(=O)N1CCC[C@@H](COc2ccc(-c3ccn[nH]3)nc2)C1. The highest BCUT2D eigenvalue weighted by Crippen LogP contribution is 2.23. The fourth-order valence-corrected chi connectivity index (χ4v) is 5.06. The number of piperidine rings is 1. The zero-order chi connectivity index (χ0) is 19.3. The molecule has 2 aromatic rings. The van der Waals surface area contributed by atoms with Crippen molar-refractivity contribution in [3.05, 3.63) is 30.6 Å². The van der Waals surface area contributed by atoms with Crippen LogP contribution in [0.3, 0.4) is 0 Å². The predicted octanol–water partition coefficient (Wildman–Crippen LogP) is 2.15. The lowest BCUT2D eigenvalue weighted by molar-refractivity contribution is 0.174. The highest BCUT2D eigenvalue weighted by atomic mass is 32.2. The molecule has 1 saturated heterocycles. The van der Waals surface area contributed by atoms with E-state index in [1.165, 1.54) is 4.31 Å². The van der Waals surface area contributed by atoms with Crippen LogP contribution in [-0.4, -0.2) is 65.0 Å². The molecule has 0 aliphatic carbocycles. The summed E-state index contributed by atoms with van der Waals surface area (Å²) in [7, 11) is -3.38. The summed E-state index contributed by atoms with van der Waals surface area (Å²) in [6, 6.07) is 5.60. The van der Waals surface area contributed by atoms with Crippen LogP contribution in [0.25, 0.3) is 11.4 Å². The lowest BCUT2D eigenvalue weighted by Gasteiger charge is -2.34. The van der Waals surface area contributed by atoms with Gasteiger partial charge in [0.15, 0.2) is 0 Å². The van der Waals surface area contributed by atoms with Crippen molar-refractivity contribution >= 4 is 10.2 Å². The largest absolute Gasteiger partial charge is 0.492 e. The summed E-state index contributed by atoms with van der Waals surface area (Å²) < 4.78 is 34.4. The Kier molecular flexibility index (Phi) is 6.46. The molecule has 1 N–H and O–H groups in total. The molecule has 1 fully saturated rings. The normalized spacial score (nSPS) is 18.7.